The molecule has 0 aromatic heterocycles. The highest BCUT2D eigenvalue weighted by molar-refractivity contribution is 7.99. The van der Waals surface area contributed by atoms with Gasteiger partial charge in [-0.2, -0.15) is 0 Å². The van der Waals surface area contributed by atoms with Crippen LogP contribution < -0.4 is 24.4 Å². The number of hydrogen-bond acceptors (Lipinski definition) is 9. The summed E-state index contributed by atoms with van der Waals surface area (Å²) in [6.07, 6.45) is 1.38. The first-order valence-electron chi connectivity index (χ1n) is 11.0. The van der Waals surface area contributed by atoms with Gasteiger partial charge < -0.3 is 18.9 Å². The fraction of sp³-hybridized carbons (Fsp3) is 0.280. The summed E-state index contributed by atoms with van der Waals surface area (Å²) in [7, 11) is 2.97. The fourth-order valence-corrected chi connectivity index (χ4v) is 3.85. The lowest BCUT2D eigenvalue weighted by atomic mass is 10.1. The molecule has 36 heavy (non-hydrogen) atoms. The van der Waals surface area contributed by atoms with E-state index in [1.54, 1.807) is 49.4 Å². The van der Waals surface area contributed by atoms with Crippen LogP contribution in [0.5, 0.6) is 17.2 Å². The molecule has 190 valence electrons. The molecule has 1 fully saturated rings. The van der Waals surface area contributed by atoms with E-state index in [4.69, 9.17) is 18.9 Å². The molecule has 0 radical (unpaired) electrons. The van der Waals surface area contributed by atoms with E-state index in [1.165, 1.54) is 32.1 Å². The number of nitrogens with zero attached hydrogens (tertiary/aromatic N) is 1. The maximum absolute atomic E-state index is 13.1. The van der Waals surface area contributed by atoms with Gasteiger partial charge in [0.25, 0.3) is 11.8 Å². The number of thioether (sulfide) groups is 1. The SMILES string of the molecule is CCOC(=O)CSCCOc1ccc(/C=C2/C(=O)NC(=O)N(c3ccc(OC)cc3)C2=O)cc1OC. The molecule has 0 bridgehead atoms. The Balaban J connectivity index is 1.72. The van der Waals surface area contributed by atoms with Crippen molar-refractivity contribution in [3.05, 3.63) is 53.6 Å². The first kappa shape index (κ1) is 26.6. The molecule has 3 rings (SSSR count). The molecule has 10 nitrogen and oxygen atoms in total. The van der Waals surface area contributed by atoms with E-state index in [1.807, 2.05) is 0 Å². The lowest BCUT2D eigenvalue weighted by Crippen LogP contribution is -2.54. The topological polar surface area (TPSA) is 120 Å². The Morgan fingerprint density at radius 3 is 2.44 bits per heavy atom. The van der Waals surface area contributed by atoms with Crippen molar-refractivity contribution in [2.75, 3.05) is 43.8 Å². The van der Waals surface area contributed by atoms with Crippen LogP contribution in [-0.2, 0) is 19.1 Å². The van der Waals surface area contributed by atoms with Crippen molar-refractivity contribution in [2.24, 2.45) is 0 Å². The number of urea groups is 1. The summed E-state index contributed by atoms with van der Waals surface area (Å²) in [4.78, 5) is 50.2. The van der Waals surface area contributed by atoms with Gasteiger partial charge in [-0.1, -0.05) is 6.07 Å². The largest absolute Gasteiger partial charge is 0.497 e. The average molecular weight is 515 g/mol. The monoisotopic (exact) mass is 514 g/mol. The minimum absolute atomic E-state index is 0.212. The van der Waals surface area contributed by atoms with Crippen LogP contribution in [-0.4, -0.2) is 62.8 Å². The number of carbonyl (C=O) groups is 4. The summed E-state index contributed by atoms with van der Waals surface area (Å²) >= 11 is 1.39. The average Bonchev–Trinajstić information content (AvgIpc) is 2.87. The predicted octanol–water partition coefficient (Wildman–Crippen LogP) is 3.05. The number of amides is 4. The molecule has 1 heterocycles. The van der Waals surface area contributed by atoms with Gasteiger partial charge in [0, 0.05) is 5.75 Å². The van der Waals surface area contributed by atoms with E-state index in [-0.39, 0.29) is 17.3 Å². The number of imide groups is 2. The van der Waals surface area contributed by atoms with Crippen molar-refractivity contribution in [1.29, 1.82) is 0 Å². The number of esters is 1. The van der Waals surface area contributed by atoms with Crippen molar-refractivity contribution in [1.82, 2.24) is 5.32 Å². The van der Waals surface area contributed by atoms with Gasteiger partial charge in [-0.05, 0) is 55.0 Å². The van der Waals surface area contributed by atoms with Gasteiger partial charge in [0.1, 0.15) is 11.3 Å². The Morgan fingerprint density at radius 2 is 1.78 bits per heavy atom. The van der Waals surface area contributed by atoms with Gasteiger partial charge in [-0.25, -0.2) is 9.69 Å². The molecule has 2 aromatic rings. The third-order valence-corrected chi connectivity index (χ3v) is 5.84. The second kappa shape index (κ2) is 12.6. The van der Waals surface area contributed by atoms with Crippen molar-refractivity contribution in [2.45, 2.75) is 6.92 Å². The van der Waals surface area contributed by atoms with Crippen molar-refractivity contribution in [3.63, 3.8) is 0 Å². The summed E-state index contributed by atoms with van der Waals surface area (Å²) in [5.41, 5.74) is 0.578. The molecule has 0 saturated carbocycles. The van der Waals surface area contributed by atoms with Crippen molar-refractivity contribution < 1.29 is 38.1 Å². The smallest absolute Gasteiger partial charge is 0.335 e. The highest BCUT2D eigenvalue weighted by Crippen LogP contribution is 2.30. The summed E-state index contributed by atoms with van der Waals surface area (Å²) in [5.74, 6) is 0.398. The van der Waals surface area contributed by atoms with Crippen LogP contribution in [0.25, 0.3) is 6.08 Å². The van der Waals surface area contributed by atoms with Gasteiger partial charge >= 0.3 is 12.0 Å². The standard InChI is InChI=1S/C25H26N2O8S/c1-4-34-22(28)15-36-12-11-35-20-10-5-16(14-21(20)33-3)13-19-23(29)26-25(31)27(24(19)30)17-6-8-18(32-2)9-7-17/h5-10,13-14H,4,11-12,15H2,1-3H3,(H,26,29,31)/b19-13-. The fourth-order valence-electron chi connectivity index (χ4n) is 3.25. The first-order chi connectivity index (χ1) is 17.4. The number of barbiturate groups is 1. The van der Waals surface area contributed by atoms with E-state index in [2.05, 4.69) is 5.32 Å². The molecule has 0 unspecified atom stereocenters. The number of ether oxygens (including phenoxy) is 4. The molecule has 4 amide bonds. The maximum Gasteiger partial charge on any atom is 0.335 e. The van der Waals surface area contributed by atoms with Crippen LogP contribution in [0, 0.1) is 0 Å². The summed E-state index contributed by atoms with van der Waals surface area (Å²) in [5, 5.41) is 2.19. The van der Waals surface area contributed by atoms with Crippen molar-refractivity contribution in [3.8, 4) is 17.2 Å². The highest BCUT2D eigenvalue weighted by Gasteiger charge is 2.36. The second-order valence-electron chi connectivity index (χ2n) is 7.27. The molecule has 11 heteroatoms. The normalized spacial score (nSPS) is 14.5. The Morgan fingerprint density at radius 1 is 1.03 bits per heavy atom. The van der Waals surface area contributed by atoms with Crippen LogP contribution in [0.3, 0.4) is 0 Å². The highest BCUT2D eigenvalue weighted by atomic mass is 32.2. The number of nitrogens with one attached hydrogen (secondary N) is 1. The van der Waals surface area contributed by atoms with Gasteiger partial charge in [-0.3, -0.25) is 19.7 Å². The first-order valence-corrected chi connectivity index (χ1v) is 12.1. The lowest BCUT2D eigenvalue weighted by Gasteiger charge is -2.26. The van der Waals surface area contributed by atoms with Crippen LogP contribution >= 0.6 is 11.8 Å². The van der Waals surface area contributed by atoms with E-state index in [9.17, 15) is 19.2 Å². The molecule has 2 aromatic carbocycles. The summed E-state index contributed by atoms with van der Waals surface area (Å²) < 4.78 is 21.1. The van der Waals surface area contributed by atoms with Crippen LogP contribution in [0.2, 0.25) is 0 Å². The zero-order valence-electron chi connectivity index (χ0n) is 20.1. The van der Waals surface area contributed by atoms with Gasteiger partial charge in [-0.15, -0.1) is 11.8 Å². The quantitative estimate of drug-likeness (QED) is 0.209. The Labute approximate surface area is 212 Å². The number of methoxy groups -OCH3 is 2. The summed E-state index contributed by atoms with van der Waals surface area (Å²) in [6, 6.07) is 10.4. The molecule has 0 atom stereocenters. The third-order valence-electron chi connectivity index (χ3n) is 4.94. The Hall–Kier alpha value is -3.99. The zero-order chi connectivity index (χ0) is 26.1. The number of rotatable bonds is 11. The minimum Gasteiger partial charge on any atom is -0.497 e. The van der Waals surface area contributed by atoms with Gasteiger partial charge in [0.05, 0.1) is 38.9 Å². The Kier molecular flexibility index (Phi) is 9.34. The van der Waals surface area contributed by atoms with Crippen LogP contribution in [0.1, 0.15) is 12.5 Å². The molecule has 1 aliphatic rings. The van der Waals surface area contributed by atoms with Crippen molar-refractivity contribution >= 4 is 47.3 Å². The third kappa shape index (κ3) is 6.57. The number of anilines is 1. The summed E-state index contributed by atoms with van der Waals surface area (Å²) in [6.45, 7) is 2.43. The Bertz CT molecular complexity index is 1160. The maximum atomic E-state index is 13.1. The van der Waals surface area contributed by atoms with E-state index in [0.717, 1.165) is 4.90 Å². The molecule has 1 N–H and O–H groups in total. The number of carbonyl (C=O) groups excluding carboxylic acids is 4. The van der Waals surface area contributed by atoms with Gasteiger partial charge in [0.2, 0.25) is 0 Å². The predicted molar refractivity (Wildman–Crippen MR) is 134 cm³/mol. The van der Waals surface area contributed by atoms with E-state index < -0.39 is 17.8 Å². The minimum atomic E-state index is -0.838. The molecule has 0 aliphatic carbocycles. The molecule has 0 spiro atoms. The van der Waals surface area contributed by atoms with Crippen LogP contribution in [0.15, 0.2) is 48.0 Å². The number of benzene rings is 2. The molecular formula is C25H26N2O8S. The lowest BCUT2D eigenvalue weighted by molar-refractivity contribution is -0.139. The van der Waals surface area contributed by atoms with E-state index >= 15 is 0 Å². The molecular weight excluding hydrogens is 488 g/mol. The molecule has 1 saturated heterocycles. The van der Waals surface area contributed by atoms with E-state index in [0.29, 0.717) is 47.5 Å². The molecule has 1 aliphatic heterocycles. The van der Waals surface area contributed by atoms with Gasteiger partial charge in [0.15, 0.2) is 11.5 Å². The number of hydrogen-bond donors (Lipinski definition) is 1. The van der Waals surface area contributed by atoms with Crippen LogP contribution in [0.4, 0.5) is 10.5 Å². The zero-order valence-corrected chi connectivity index (χ0v) is 20.9. The second-order valence-corrected chi connectivity index (χ2v) is 8.38.